The summed E-state index contributed by atoms with van der Waals surface area (Å²) in [6, 6.07) is 8.53. The van der Waals surface area contributed by atoms with Gasteiger partial charge in [-0.25, -0.2) is 0 Å². The second-order valence-electron chi connectivity index (χ2n) is 3.61. The molecule has 1 aromatic rings. The summed E-state index contributed by atoms with van der Waals surface area (Å²) in [5, 5.41) is 0. The van der Waals surface area contributed by atoms with Crippen LogP contribution in [-0.4, -0.2) is 12.6 Å². The van der Waals surface area contributed by atoms with E-state index in [-0.39, 0.29) is 12.0 Å². The molecule has 0 aliphatic heterocycles. The van der Waals surface area contributed by atoms with Crippen molar-refractivity contribution in [1.29, 1.82) is 0 Å². The topological polar surface area (TPSA) is 52.0 Å². The number of aryl methyl sites for hydroxylation is 1. The molecule has 0 aliphatic rings. The highest BCUT2D eigenvalue weighted by Crippen LogP contribution is 2.17. The zero-order chi connectivity index (χ0) is 9.84. The molecule has 13 heavy (non-hydrogen) atoms. The summed E-state index contributed by atoms with van der Waals surface area (Å²) in [7, 11) is 0. The highest BCUT2D eigenvalue weighted by molar-refractivity contribution is 5.25. The third kappa shape index (κ3) is 2.54. The van der Waals surface area contributed by atoms with Crippen molar-refractivity contribution in [3.63, 3.8) is 0 Å². The zero-order valence-corrected chi connectivity index (χ0v) is 8.33. The van der Waals surface area contributed by atoms with Crippen molar-refractivity contribution in [2.24, 2.45) is 11.5 Å². The number of benzene rings is 1. The molecule has 0 saturated carbocycles. The predicted molar refractivity (Wildman–Crippen MR) is 56.6 cm³/mol. The quantitative estimate of drug-likeness (QED) is 0.734. The van der Waals surface area contributed by atoms with Crippen LogP contribution in [0.3, 0.4) is 0 Å². The molecule has 0 fully saturated rings. The first-order valence-corrected chi connectivity index (χ1v) is 4.67. The molecule has 2 atom stereocenters. The Kier molecular flexibility index (Phi) is 3.46. The predicted octanol–water partition coefficient (Wildman–Crippen LogP) is 1.38. The lowest BCUT2D eigenvalue weighted by Gasteiger charge is -2.19. The Morgan fingerprint density at radius 3 is 2.15 bits per heavy atom. The summed E-state index contributed by atoms with van der Waals surface area (Å²) < 4.78 is 0. The van der Waals surface area contributed by atoms with Crippen LogP contribution in [0, 0.1) is 6.92 Å². The van der Waals surface area contributed by atoms with Gasteiger partial charge < -0.3 is 11.5 Å². The van der Waals surface area contributed by atoms with Crippen molar-refractivity contribution >= 4 is 0 Å². The van der Waals surface area contributed by atoms with E-state index in [9.17, 15) is 0 Å². The third-order valence-corrected chi connectivity index (χ3v) is 2.39. The van der Waals surface area contributed by atoms with E-state index in [0.717, 1.165) is 0 Å². The molecule has 0 aliphatic carbocycles. The second kappa shape index (κ2) is 4.40. The molecule has 0 aromatic heterocycles. The largest absolute Gasteiger partial charge is 0.330 e. The Morgan fingerprint density at radius 1 is 1.23 bits per heavy atom. The van der Waals surface area contributed by atoms with Crippen LogP contribution < -0.4 is 11.5 Å². The van der Waals surface area contributed by atoms with Gasteiger partial charge in [-0.3, -0.25) is 0 Å². The van der Waals surface area contributed by atoms with Gasteiger partial charge in [0.05, 0.1) is 0 Å². The van der Waals surface area contributed by atoms with Gasteiger partial charge in [-0.05, 0) is 19.4 Å². The summed E-state index contributed by atoms with van der Waals surface area (Å²) in [5.41, 5.74) is 14.0. The van der Waals surface area contributed by atoms with E-state index in [2.05, 4.69) is 31.2 Å². The molecular formula is C11H18N2. The van der Waals surface area contributed by atoms with Crippen molar-refractivity contribution < 1.29 is 0 Å². The van der Waals surface area contributed by atoms with Gasteiger partial charge in [0, 0.05) is 18.5 Å². The lowest BCUT2D eigenvalue weighted by molar-refractivity contribution is 0.577. The molecule has 0 saturated heterocycles. The Hall–Kier alpha value is -0.860. The average Bonchev–Trinajstić information content (AvgIpc) is 2.09. The van der Waals surface area contributed by atoms with Crippen LogP contribution in [0.4, 0.5) is 0 Å². The van der Waals surface area contributed by atoms with E-state index in [4.69, 9.17) is 11.5 Å². The molecule has 2 nitrogen and oxygen atoms in total. The molecule has 0 heterocycles. The number of nitrogens with two attached hydrogens (primary N) is 2. The zero-order valence-electron chi connectivity index (χ0n) is 8.33. The van der Waals surface area contributed by atoms with E-state index >= 15 is 0 Å². The first-order chi connectivity index (χ1) is 6.15. The number of hydrogen-bond donors (Lipinski definition) is 2. The number of rotatable bonds is 3. The van der Waals surface area contributed by atoms with E-state index in [1.165, 1.54) is 11.1 Å². The molecule has 0 radical (unpaired) electrons. The van der Waals surface area contributed by atoms with Gasteiger partial charge in [0.1, 0.15) is 0 Å². The van der Waals surface area contributed by atoms with E-state index in [1.807, 2.05) is 6.92 Å². The van der Waals surface area contributed by atoms with Crippen molar-refractivity contribution in [2.45, 2.75) is 25.8 Å². The molecule has 1 rings (SSSR count). The fraction of sp³-hybridized carbons (Fsp3) is 0.455. The van der Waals surface area contributed by atoms with Crippen LogP contribution in [0.5, 0.6) is 0 Å². The molecule has 0 unspecified atom stereocenters. The fourth-order valence-corrected chi connectivity index (χ4v) is 1.47. The third-order valence-electron chi connectivity index (χ3n) is 2.39. The lowest BCUT2D eigenvalue weighted by atomic mass is 9.92. The van der Waals surface area contributed by atoms with Crippen LogP contribution in [-0.2, 0) is 0 Å². The smallest absolute Gasteiger partial charge is 0.0110 e. The second-order valence-corrected chi connectivity index (χ2v) is 3.61. The molecule has 0 bridgehead atoms. The van der Waals surface area contributed by atoms with Gasteiger partial charge in [-0.1, -0.05) is 29.8 Å². The SMILES string of the molecule is Cc1ccc([C@H](CN)[C@@H](C)N)cc1. The number of hydrogen-bond acceptors (Lipinski definition) is 2. The van der Waals surface area contributed by atoms with Crippen LogP contribution in [0.2, 0.25) is 0 Å². The minimum absolute atomic E-state index is 0.118. The van der Waals surface area contributed by atoms with Gasteiger partial charge in [-0.2, -0.15) is 0 Å². The Morgan fingerprint density at radius 2 is 1.77 bits per heavy atom. The van der Waals surface area contributed by atoms with Gasteiger partial charge >= 0.3 is 0 Å². The van der Waals surface area contributed by atoms with Crippen LogP contribution in [0.25, 0.3) is 0 Å². The first-order valence-electron chi connectivity index (χ1n) is 4.67. The van der Waals surface area contributed by atoms with Crippen LogP contribution >= 0.6 is 0 Å². The maximum absolute atomic E-state index is 5.84. The van der Waals surface area contributed by atoms with Gasteiger partial charge in [0.2, 0.25) is 0 Å². The Bertz CT molecular complexity index is 251. The van der Waals surface area contributed by atoms with Crippen molar-refractivity contribution in [3.8, 4) is 0 Å². The molecule has 4 N–H and O–H groups in total. The maximum atomic E-state index is 5.84. The summed E-state index contributed by atoms with van der Waals surface area (Å²) in [5.74, 6) is 0.278. The Balaban J connectivity index is 2.86. The highest BCUT2D eigenvalue weighted by Gasteiger charge is 2.13. The standard InChI is InChI=1S/C11H18N2/c1-8-3-5-10(6-4-8)11(7-12)9(2)13/h3-6,9,11H,7,12-13H2,1-2H3/t9-,11-/m1/s1. The van der Waals surface area contributed by atoms with Gasteiger partial charge in [-0.15, -0.1) is 0 Å². The summed E-state index contributed by atoms with van der Waals surface area (Å²) in [6.45, 7) is 4.69. The minimum Gasteiger partial charge on any atom is -0.330 e. The summed E-state index contributed by atoms with van der Waals surface area (Å²) >= 11 is 0. The maximum Gasteiger partial charge on any atom is 0.0110 e. The van der Waals surface area contributed by atoms with E-state index < -0.39 is 0 Å². The monoisotopic (exact) mass is 178 g/mol. The van der Waals surface area contributed by atoms with Crippen molar-refractivity contribution in [2.75, 3.05) is 6.54 Å². The minimum atomic E-state index is 0.118. The van der Waals surface area contributed by atoms with Gasteiger partial charge in [0.25, 0.3) is 0 Å². The first kappa shape index (κ1) is 10.2. The van der Waals surface area contributed by atoms with Gasteiger partial charge in [0.15, 0.2) is 0 Å². The van der Waals surface area contributed by atoms with E-state index in [0.29, 0.717) is 6.54 Å². The molecule has 1 aromatic carbocycles. The molecule has 72 valence electrons. The molecular weight excluding hydrogens is 160 g/mol. The normalized spacial score (nSPS) is 15.4. The summed E-state index contributed by atoms with van der Waals surface area (Å²) in [6.07, 6.45) is 0. The molecule has 0 spiro atoms. The molecule has 0 amide bonds. The van der Waals surface area contributed by atoms with Crippen LogP contribution in [0.15, 0.2) is 24.3 Å². The molecule has 2 heteroatoms. The van der Waals surface area contributed by atoms with Crippen LogP contribution in [0.1, 0.15) is 24.0 Å². The van der Waals surface area contributed by atoms with E-state index in [1.54, 1.807) is 0 Å². The average molecular weight is 178 g/mol. The summed E-state index contributed by atoms with van der Waals surface area (Å²) in [4.78, 5) is 0. The van der Waals surface area contributed by atoms with Crippen molar-refractivity contribution in [3.05, 3.63) is 35.4 Å². The van der Waals surface area contributed by atoms with Crippen molar-refractivity contribution in [1.82, 2.24) is 0 Å². The lowest BCUT2D eigenvalue weighted by Crippen LogP contribution is -2.30. The Labute approximate surface area is 79.9 Å². The highest BCUT2D eigenvalue weighted by atomic mass is 14.7. The fourth-order valence-electron chi connectivity index (χ4n) is 1.47.